The van der Waals surface area contributed by atoms with Crippen molar-refractivity contribution < 1.29 is 23.8 Å². The van der Waals surface area contributed by atoms with Crippen molar-refractivity contribution in [3.63, 3.8) is 0 Å². The summed E-state index contributed by atoms with van der Waals surface area (Å²) in [7, 11) is 4.01. The van der Waals surface area contributed by atoms with Gasteiger partial charge in [-0.3, -0.25) is 4.79 Å². The minimum atomic E-state index is -0.420. The molecule has 4 aromatic rings. The van der Waals surface area contributed by atoms with Crippen LogP contribution in [0.5, 0.6) is 17.4 Å². The summed E-state index contributed by atoms with van der Waals surface area (Å²) in [5, 5.41) is 11.5. The summed E-state index contributed by atoms with van der Waals surface area (Å²) in [6.07, 6.45) is 3.73. The molecule has 0 saturated heterocycles. The van der Waals surface area contributed by atoms with Gasteiger partial charge in [0.15, 0.2) is 17.4 Å². The first kappa shape index (κ1) is 26.0. The third kappa shape index (κ3) is 5.63. The van der Waals surface area contributed by atoms with Gasteiger partial charge in [-0.25, -0.2) is 9.38 Å². The Hall–Kier alpha value is -4.63. The van der Waals surface area contributed by atoms with E-state index in [1.54, 1.807) is 30.0 Å². The van der Waals surface area contributed by atoms with Crippen LogP contribution in [0.2, 0.25) is 0 Å². The predicted molar refractivity (Wildman–Crippen MR) is 150 cm³/mol. The first-order valence-corrected chi connectivity index (χ1v) is 12.5. The number of nitrogens with one attached hydrogen (secondary N) is 1. The number of ether oxygens (including phenoxy) is 2. The number of carbonyl (C=O) groups is 1. The number of rotatable bonds is 8. The third-order valence-corrected chi connectivity index (χ3v) is 6.41. The summed E-state index contributed by atoms with van der Waals surface area (Å²) in [5.41, 5.74) is 3.37. The van der Waals surface area contributed by atoms with Crippen molar-refractivity contribution in [2.75, 3.05) is 32.1 Å². The summed E-state index contributed by atoms with van der Waals surface area (Å²) < 4.78 is 25.0. The largest absolute Gasteiger partial charge is 0.494 e. The number of aliphatic imine (C=N–C) groups is 1. The normalized spacial score (nSPS) is 12.8. The van der Waals surface area contributed by atoms with Crippen molar-refractivity contribution in [3.8, 4) is 17.4 Å². The van der Waals surface area contributed by atoms with E-state index in [0.717, 1.165) is 18.7 Å². The number of hydrogen-bond acceptors (Lipinski definition) is 6. The van der Waals surface area contributed by atoms with Gasteiger partial charge in [0, 0.05) is 30.1 Å². The van der Waals surface area contributed by atoms with Gasteiger partial charge >= 0.3 is 0 Å². The van der Waals surface area contributed by atoms with Gasteiger partial charge in [0.2, 0.25) is 5.91 Å². The number of anilines is 1. The Morgan fingerprint density at radius 2 is 1.72 bits per heavy atom. The van der Waals surface area contributed by atoms with Gasteiger partial charge in [-0.2, -0.15) is 0 Å². The zero-order valence-corrected chi connectivity index (χ0v) is 21.9. The highest BCUT2D eigenvalue weighted by Gasteiger charge is 2.21. The third-order valence-electron chi connectivity index (χ3n) is 6.41. The van der Waals surface area contributed by atoms with E-state index in [1.165, 1.54) is 24.7 Å². The van der Waals surface area contributed by atoms with Crippen molar-refractivity contribution in [2.24, 2.45) is 4.99 Å². The van der Waals surface area contributed by atoms with E-state index in [4.69, 9.17) is 14.5 Å². The van der Waals surface area contributed by atoms with Crippen LogP contribution in [-0.4, -0.2) is 53.8 Å². The second-order valence-corrected chi connectivity index (χ2v) is 9.51. The van der Waals surface area contributed by atoms with Crippen molar-refractivity contribution >= 4 is 33.9 Å². The Kier molecular flexibility index (Phi) is 7.33. The van der Waals surface area contributed by atoms with E-state index < -0.39 is 5.82 Å². The van der Waals surface area contributed by atoms with Crippen LogP contribution in [0, 0.1) is 5.82 Å². The second kappa shape index (κ2) is 11.0. The van der Waals surface area contributed by atoms with E-state index in [2.05, 4.69) is 9.88 Å². The summed E-state index contributed by atoms with van der Waals surface area (Å²) >= 11 is 0. The van der Waals surface area contributed by atoms with Crippen molar-refractivity contribution in [1.82, 2.24) is 9.88 Å². The first-order valence-electron chi connectivity index (χ1n) is 12.5. The summed E-state index contributed by atoms with van der Waals surface area (Å²) in [4.78, 5) is 23.9. The van der Waals surface area contributed by atoms with Gasteiger partial charge < -0.3 is 29.4 Å². The van der Waals surface area contributed by atoms with Gasteiger partial charge in [0.25, 0.3) is 0 Å². The highest BCUT2D eigenvalue weighted by Crippen LogP contribution is 2.36. The molecule has 5 rings (SSSR count). The predicted octanol–water partition coefficient (Wildman–Crippen LogP) is 5.73. The highest BCUT2D eigenvalue weighted by atomic mass is 19.1. The lowest BCUT2D eigenvalue weighted by Crippen LogP contribution is -2.31. The molecule has 200 valence electrons. The maximum atomic E-state index is 13.9. The van der Waals surface area contributed by atoms with Crippen molar-refractivity contribution in [1.29, 1.82) is 0 Å². The standard InChI is InChI=1S/C30H29FN4O4/c1-19(36)35(14-4-13-34(2)3)23-9-7-22(8-10-23)32-29(20-5-12-26-27(17-20)39-16-15-38-26)28-24-11-6-21(31)18-25(24)33-30(28)37/h5-12,15-18,33,37H,4,13-14H2,1-3H3. The molecule has 0 bridgehead atoms. The highest BCUT2D eigenvalue weighted by molar-refractivity contribution is 6.22. The first-order chi connectivity index (χ1) is 18.8. The van der Waals surface area contributed by atoms with Gasteiger partial charge in [0.05, 0.1) is 22.5 Å². The SMILES string of the molecule is CC(=O)N(CCCN(C)C)c1ccc(N=C(c2ccc3c(c2)OC=CO3)c2c(O)[nH]c3cc(F)ccc23)cc1. The number of nitrogens with zero attached hydrogens (tertiary/aromatic N) is 3. The Morgan fingerprint density at radius 3 is 2.44 bits per heavy atom. The van der Waals surface area contributed by atoms with Crippen molar-refractivity contribution in [2.45, 2.75) is 13.3 Å². The summed E-state index contributed by atoms with van der Waals surface area (Å²) in [5.74, 6) is 0.458. The van der Waals surface area contributed by atoms with Crippen LogP contribution in [0.1, 0.15) is 24.5 Å². The van der Waals surface area contributed by atoms with Crippen LogP contribution in [0.15, 0.2) is 78.2 Å². The number of amides is 1. The molecular formula is C30H29FN4O4. The number of hydrogen-bond donors (Lipinski definition) is 2. The Morgan fingerprint density at radius 1 is 0.974 bits per heavy atom. The maximum Gasteiger partial charge on any atom is 0.223 e. The molecule has 0 unspecified atom stereocenters. The lowest BCUT2D eigenvalue weighted by atomic mass is 10.00. The van der Waals surface area contributed by atoms with E-state index in [9.17, 15) is 14.3 Å². The number of halogens is 1. The molecule has 0 radical (unpaired) electrons. The van der Waals surface area contributed by atoms with Gasteiger partial charge in [-0.05, 0) is 87.7 Å². The maximum absolute atomic E-state index is 13.9. The molecule has 2 N–H and O–H groups in total. The molecule has 9 heteroatoms. The molecule has 1 aromatic heterocycles. The number of aromatic amines is 1. The summed E-state index contributed by atoms with van der Waals surface area (Å²) in [6, 6.07) is 17.0. The smallest absolute Gasteiger partial charge is 0.223 e. The molecule has 1 aliphatic heterocycles. The lowest BCUT2D eigenvalue weighted by molar-refractivity contribution is -0.116. The number of aromatic hydroxyl groups is 1. The number of benzene rings is 3. The Bertz CT molecular complexity index is 1570. The van der Waals surface area contributed by atoms with Gasteiger partial charge in [-0.15, -0.1) is 0 Å². The van der Waals surface area contributed by atoms with Crippen LogP contribution < -0.4 is 14.4 Å². The number of H-pyrrole nitrogens is 1. The zero-order valence-electron chi connectivity index (χ0n) is 21.9. The van der Waals surface area contributed by atoms with Crippen LogP contribution in [-0.2, 0) is 4.79 Å². The molecule has 0 saturated carbocycles. The second-order valence-electron chi connectivity index (χ2n) is 9.51. The number of carbonyl (C=O) groups excluding carboxylic acids is 1. The van der Waals surface area contributed by atoms with Crippen LogP contribution in [0.25, 0.3) is 10.9 Å². The zero-order chi connectivity index (χ0) is 27.5. The molecular weight excluding hydrogens is 499 g/mol. The fourth-order valence-corrected chi connectivity index (χ4v) is 4.56. The molecule has 0 fully saturated rings. The number of fused-ring (bicyclic) bond motifs is 2. The minimum absolute atomic E-state index is 0.0352. The van der Waals surface area contributed by atoms with Crippen LogP contribution >= 0.6 is 0 Å². The van der Waals surface area contributed by atoms with E-state index >= 15 is 0 Å². The monoisotopic (exact) mass is 528 g/mol. The fraction of sp³-hybridized carbons (Fsp3) is 0.200. The molecule has 8 nitrogen and oxygen atoms in total. The quantitative estimate of drug-likeness (QED) is 0.285. The van der Waals surface area contributed by atoms with E-state index in [1.807, 2.05) is 44.4 Å². The van der Waals surface area contributed by atoms with E-state index in [0.29, 0.717) is 51.5 Å². The molecule has 0 aliphatic carbocycles. The van der Waals surface area contributed by atoms with Gasteiger partial charge in [0.1, 0.15) is 18.3 Å². The summed E-state index contributed by atoms with van der Waals surface area (Å²) in [6.45, 7) is 3.03. The molecule has 0 atom stereocenters. The lowest BCUT2D eigenvalue weighted by Gasteiger charge is -2.22. The molecule has 1 amide bonds. The molecule has 2 heterocycles. The topological polar surface area (TPSA) is 90.4 Å². The fourth-order valence-electron chi connectivity index (χ4n) is 4.56. The average Bonchev–Trinajstić information content (AvgIpc) is 3.24. The molecule has 0 spiro atoms. The van der Waals surface area contributed by atoms with Crippen molar-refractivity contribution in [3.05, 3.63) is 90.1 Å². The molecule has 3 aromatic carbocycles. The molecule has 1 aliphatic rings. The van der Waals surface area contributed by atoms with Crippen LogP contribution in [0.4, 0.5) is 15.8 Å². The Balaban J connectivity index is 1.56. The van der Waals surface area contributed by atoms with Crippen LogP contribution in [0.3, 0.4) is 0 Å². The number of aromatic nitrogens is 1. The average molecular weight is 529 g/mol. The molecule has 39 heavy (non-hydrogen) atoms. The minimum Gasteiger partial charge on any atom is -0.494 e. The Labute approximate surface area is 225 Å². The van der Waals surface area contributed by atoms with Gasteiger partial charge in [-0.1, -0.05) is 0 Å². The van der Waals surface area contributed by atoms with E-state index in [-0.39, 0.29) is 11.8 Å².